The average molecular weight is 348 g/mol. The van der Waals surface area contributed by atoms with Gasteiger partial charge in [-0.25, -0.2) is 0 Å². The fourth-order valence-corrected chi connectivity index (χ4v) is 2.76. The maximum atomic E-state index is 12.1. The zero-order valence-corrected chi connectivity index (χ0v) is 14.4. The molecule has 0 fully saturated rings. The molecule has 3 rings (SSSR count). The van der Waals surface area contributed by atoms with E-state index in [1.807, 2.05) is 32.0 Å². The first-order valence-electron chi connectivity index (χ1n) is 7.53. The Morgan fingerprint density at radius 2 is 2.17 bits per heavy atom. The zero-order chi connectivity index (χ0) is 17.3. The van der Waals surface area contributed by atoms with E-state index >= 15 is 0 Å². The molecule has 2 heterocycles. The number of ether oxygens (including phenoxy) is 2. The van der Waals surface area contributed by atoms with Crippen molar-refractivity contribution in [2.75, 3.05) is 6.79 Å². The first-order valence-corrected chi connectivity index (χ1v) is 7.90. The Balaban J connectivity index is 1.67. The molecule has 1 aliphatic rings. The molecule has 6 nitrogen and oxygen atoms in total. The minimum atomic E-state index is -0.209. The van der Waals surface area contributed by atoms with Gasteiger partial charge < -0.3 is 14.8 Å². The first kappa shape index (κ1) is 16.4. The highest BCUT2D eigenvalue weighted by molar-refractivity contribution is 6.31. The maximum absolute atomic E-state index is 12.1. The van der Waals surface area contributed by atoms with Gasteiger partial charge in [-0.1, -0.05) is 17.7 Å². The first-order chi connectivity index (χ1) is 11.5. The van der Waals surface area contributed by atoms with Crippen molar-refractivity contribution >= 4 is 23.6 Å². The highest BCUT2D eigenvalue weighted by Crippen LogP contribution is 2.34. The summed E-state index contributed by atoms with van der Waals surface area (Å²) in [5.41, 5.74) is 2.46. The number of rotatable bonds is 4. The second-order valence-electron chi connectivity index (χ2n) is 5.59. The summed E-state index contributed by atoms with van der Waals surface area (Å²) >= 11 is 6.15. The lowest BCUT2D eigenvalue weighted by atomic mass is 10.1. The number of hydrogen-bond donors (Lipinski definition) is 1. The Hall–Kier alpha value is -2.47. The van der Waals surface area contributed by atoms with Crippen molar-refractivity contribution in [1.82, 2.24) is 15.1 Å². The molecule has 1 N–H and O–H groups in total. The molecular formula is C17H18ClN3O3. The Kier molecular flexibility index (Phi) is 4.49. The molecule has 0 saturated carbocycles. The molecule has 1 unspecified atom stereocenters. The summed E-state index contributed by atoms with van der Waals surface area (Å²) in [5.74, 6) is 1.21. The third kappa shape index (κ3) is 3.23. The van der Waals surface area contributed by atoms with E-state index in [0.717, 1.165) is 22.6 Å². The van der Waals surface area contributed by atoms with Gasteiger partial charge in [0.15, 0.2) is 11.5 Å². The Labute approximate surface area is 145 Å². The number of benzene rings is 1. The Bertz CT molecular complexity index is 814. The topological polar surface area (TPSA) is 65.4 Å². The van der Waals surface area contributed by atoms with Gasteiger partial charge in [-0.05, 0) is 37.6 Å². The third-order valence-corrected chi connectivity index (χ3v) is 4.30. The van der Waals surface area contributed by atoms with E-state index in [-0.39, 0.29) is 18.7 Å². The molecule has 0 spiro atoms. The van der Waals surface area contributed by atoms with E-state index in [1.54, 1.807) is 17.8 Å². The number of nitrogens with one attached hydrogen (secondary N) is 1. The van der Waals surface area contributed by atoms with E-state index in [0.29, 0.717) is 10.9 Å². The van der Waals surface area contributed by atoms with Crippen LogP contribution in [0, 0.1) is 6.92 Å². The smallest absolute Gasteiger partial charge is 0.244 e. The molecule has 0 aliphatic carbocycles. The molecule has 0 bridgehead atoms. The summed E-state index contributed by atoms with van der Waals surface area (Å²) in [6.07, 6.45) is 3.13. The van der Waals surface area contributed by atoms with Crippen molar-refractivity contribution < 1.29 is 14.3 Å². The summed E-state index contributed by atoms with van der Waals surface area (Å²) < 4.78 is 12.2. The van der Waals surface area contributed by atoms with E-state index in [9.17, 15) is 4.79 Å². The lowest BCUT2D eigenvalue weighted by Crippen LogP contribution is -2.24. The quantitative estimate of drug-likeness (QED) is 0.863. The number of aromatic nitrogens is 2. The van der Waals surface area contributed by atoms with Crippen LogP contribution in [0.25, 0.3) is 6.08 Å². The highest BCUT2D eigenvalue weighted by Gasteiger charge is 2.16. The number of amides is 1. The van der Waals surface area contributed by atoms with Crippen molar-refractivity contribution in [3.8, 4) is 11.5 Å². The number of hydrogen-bond acceptors (Lipinski definition) is 4. The predicted molar refractivity (Wildman–Crippen MR) is 91.1 cm³/mol. The second-order valence-corrected chi connectivity index (χ2v) is 5.95. The van der Waals surface area contributed by atoms with Gasteiger partial charge in [0.1, 0.15) is 5.15 Å². The van der Waals surface area contributed by atoms with Crippen LogP contribution in [0.3, 0.4) is 0 Å². The van der Waals surface area contributed by atoms with Crippen LogP contribution in [0.4, 0.5) is 0 Å². The molecule has 1 atom stereocenters. The highest BCUT2D eigenvalue weighted by atomic mass is 35.5. The van der Waals surface area contributed by atoms with Crippen LogP contribution in [0.15, 0.2) is 24.3 Å². The lowest BCUT2D eigenvalue weighted by molar-refractivity contribution is -0.117. The largest absolute Gasteiger partial charge is 0.454 e. The number of nitrogens with zero attached hydrogens (tertiary/aromatic N) is 2. The van der Waals surface area contributed by atoms with Crippen molar-refractivity contribution in [1.29, 1.82) is 0 Å². The number of carbonyl (C=O) groups is 1. The van der Waals surface area contributed by atoms with Gasteiger partial charge in [-0.3, -0.25) is 9.48 Å². The summed E-state index contributed by atoms with van der Waals surface area (Å²) in [4.78, 5) is 12.1. The summed E-state index contributed by atoms with van der Waals surface area (Å²) in [6, 6.07) is 5.46. The average Bonchev–Trinajstić information content (AvgIpc) is 3.10. The van der Waals surface area contributed by atoms with Crippen molar-refractivity contribution in [3.63, 3.8) is 0 Å². The molecule has 1 aromatic heterocycles. The van der Waals surface area contributed by atoms with Gasteiger partial charge in [-0.2, -0.15) is 5.10 Å². The standard InChI is InChI=1S/C17H18ClN3O3/c1-10(12-4-6-14-15(8-12)24-9-23-14)19-16(22)7-5-13-11(2)20-21(3)17(13)18/h4-8,10H,9H2,1-3H3,(H,19,22)/b7-5+. The minimum Gasteiger partial charge on any atom is -0.454 e. The van der Waals surface area contributed by atoms with Crippen LogP contribution in [0.5, 0.6) is 11.5 Å². The second kappa shape index (κ2) is 6.57. The molecule has 2 aromatic rings. The summed E-state index contributed by atoms with van der Waals surface area (Å²) in [5, 5.41) is 7.62. The van der Waals surface area contributed by atoms with E-state index in [4.69, 9.17) is 21.1 Å². The SMILES string of the molecule is Cc1nn(C)c(Cl)c1/C=C/C(=O)NC(C)c1ccc2c(c1)OCO2. The van der Waals surface area contributed by atoms with Crippen LogP contribution < -0.4 is 14.8 Å². The van der Waals surface area contributed by atoms with Crippen LogP contribution in [-0.2, 0) is 11.8 Å². The van der Waals surface area contributed by atoms with Crippen LogP contribution in [0.2, 0.25) is 5.15 Å². The molecule has 1 aromatic carbocycles. The van der Waals surface area contributed by atoms with Crippen molar-refractivity contribution in [2.24, 2.45) is 7.05 Å². The maximum Gasteiger partial charge on any atom is 0.244 e. The Morgan fingerprint density at radius 3 is 2.88 bits per heavy atom. The number of fused-ring (bicyclic) bond motifs is 1. The summed E-state index contributed by atoms with van der Waals surface area (Å²) in [6.45, 7) is 3.98. The van der Waals surface area contributed by atoms with E-state index < -0.39 is 0 Å². The predicted octanol–water partition coefficient (Wildman–Crippen LogP) is 3.00. The molecule has 1 amide bonds. The normalized spacial score (nSPS) is 14.2. The Morgan fingerprint density at radius 1 is 1.42 bits per heavy atom. The molecule has 0 saturated heterocycles. The lowest BCUT2D eigenvalue weighted by Gasteiger charge is -2.13. The van der Waals surface area contributed by atoms with Crippen molar-refractivity contribution in [2.45, 2.75) is 19.9 Å². The third-order valence-electron chi connectivity index (χ3n) is 3.85. The van der Waals surface area contributed by atoms with E-state index in [1.165, 1.54) is 6.08 Å². The number of halogens is 1. The van der Waals surface area contributed by atoms with Gasteiger partial charge in [0.2, 0.25) is 12.7 Å². The number of aryl methyl sites for hydroxylation is 2. The van der Waals surface area contributed by atoms with Gasteiger partial charge in [0.05, 0.1) is 11.7 Å². The fraction of sp³-hybridized carbons (Fsp3) is 0.294. The van der Waals surface area contributed by atoms with Crippen LogP contribution in [0.1, 0.15) is 29.8 Å². The monoisotopic (exact) mass is 347 g/mol. The minimum absolute atomic E-state index is 0.165. The molecule has 126 valence electrons. The molecule has 1 aliphatic heterocycles. The molecule has 0 radical (unpaired) electrons. The van der Waals surface area contributed by atoms with E-state index in [2.05, 4.69) is 10.4 Å². The van der Waals surface area contributed by atoms with Crippen LogP contribution in [-0.4, -0.2) is 22.5 Å². The van der Waals surface area contributed by atoms with Crippen molar-refractivity contribution in [3.05, 3.63) is 46.2 Å². The fourth-order valence-electron chi connectivity index (χ4n) is 2.52. The van der Waals surface area contributed by atoms with Gasteiger partial charge in [0, 0.05) is 18.7 Å². The van der Waals surface area contributed by atoms with Crippen LogP contribution >= 0.6 is 11.6 Å². The molecular weight excluding hydrogens is 330 g/mol. The van der Waals surface area contributed by atoms with Gasteiger partial charge >= 0.3 is 0 Å². The van der Waals surface area contributed by atoms with Gasteiger partial charge in [-0.15, -0.1) is 0 Å². The molecule has 24 heavy (non-hydrogen) atoms. The number of carbonyl (C=O) groups excluding carboxylic acids is 1. The molecule has 7 heteroatoms. The van der Waals surface area contributed by atoms with Gasteiger partial charge in [0.25, 0.3) is 0 Å². The summed E-state index contributed by atoms with van der Waals surface area (Å²) in [7, 11) is 1.76. The zero-order valence-electron chi connectivity index (χ0n) is 13.7.